The average molecular weight is 429 g/mol. The topological polar surface area (TPSA) is 54.0 Å². The number of nitrogens with zero attached hydrogens (tertiary/aromatic N) is 1. The Balaban J connectivity index is 1.67. The molecule has 2 aromatic carbocycles. The van der Waals surface area contributed by atoms with E-state index >= 15 is 0 Å². The van der Waals surface area contributed by atoms with Crippen molar-refractivity contribution in [3.8, 4) is 0 Å². The third-order valence-corrected chi connectivity index (χ3v) is 5.03. The number of hydrogen-bond donors (Lipinski definition) is 2. The van der Waals surface area contributed by atoms with Crippen molar-refractivity contribution in [2.24, 2.45) is 0 Å². The maximum Gasteiger partial charge on any atom is 0.270 e. The largest absolute Gasteiger partial charge is 0.298 e. The minimum atomic E-state index is -0.106. The van der Waals surface area contributed by atoms with Crippen LogP contribution in [0.1, 0.15) is 28.0 Å². The maximum absolute atomic E-state index is 12.9. The van der Waals surface area contributed by atoms with Crippen LogP contribution in [0.5, 0.6) is 0 Å². The Bertz CT molecular complexity index is 922. The summed E-state index contributed by atoms with van der Waals surface area (Å²) in [6, 6.07) is 15.7. The first-order valence-electron chi connectivity index (χ1n) is 7.95. The number of amides is 1. The lowest BCUT2D eigenvalue weighted by Gasteiger charge is -2.14. The average Bonchev–Trinajstić information content (AvgIpc) is 3.06. The summed E-state index contributed by atoms with van der Waals surface area (Å²) in [4.78, 5) is 17.6. The molecular formula is C19H16IN3O. The Morgan fingerprint density at radius 1 is 1.04 bits per heavy atom. The number of carbonyl (C=O) groups is 1. The number of carbonyl (C=O) groups excluding carboxylic acids is 1. The van der Waals surface area contributed by atoms with Gasteiger partial charge in [-0.05, 0) is 77.7 Å². The Hall–Kier alpha value is -2.15. The molecule has 5 heteroatoms. The van der Waals surface area contributed by atoms with Gasteiger partial charge in [-0.1, -0.05) is 18.2 Å². The third kappa shape index (κ3) is 2.84. The summed E-state index contributed by atoms with van der Waals surface area (Å²) in [6.45, 7) is 0. The van der Waals surface area contributed by atoms with Crippen LogP contribution in [0.25, 0.3) is 10.9 Å². The summed E-state index contributed by atoms with van der Waals surface area (Å²) in [7, 11) is 0. The molecular weight excluding hydrogens is 413 g/mol. The Morgan fingerprint density at radius 2 is 1.83 bits per heavy atom. The standard InChI is InChI=1S/C19H16IN3O/c20-12-8-10-13(11-9-12)22-23-19(24)18-14-4-1-2-6-16(14)21-17-7-3-5-15(17)18/h1-2,4,6,8-11,22H,3,5,7H2,(H,23,24). The second kappa shape index (κ2) is 6.39. The van der Waals surface area contributed by atoms with Crippen LogP contribution < -0.4 is 10.9 Å². The number of anilines is 1. The van der Waals surface area contributed by atoms with Gasteiger partial charge >= 0.3 is 0 Å². The van der Waals surface area contributed by atoms with E-state index < -0.39 is 0 Å². The van der Waals surface area contributed by atoms with Crippen molar-refractivity contribution in [3.05, 3.63) is 68.9 Å². The Labute approximate surface area is 153 Å². The van der Waals surface area contributed by atoms with E-state index in [1.165, 1.54) is 0 Å². The van der Waals surface area contributed by atoms with Crippen molar-refractivity contribution < 1.29 is 4.79 Å². The third-order valence-electron chi connectivity index (χ3n) is 4.31. The van der Waals surface area contributed by atoms with Crippen molar-refractivity contribution in [1.82, 2.24) is 10.4 Å². The fourth-order valence-electron chi connectivity index (χ4n) is 3.19. The second-order valence-corrected chi connectivity index (χ2v) is 7.11. The van der Waals surface area contributed by atoms with E-state index in [0.29, 0.717) is 0 Å². The van der Waals surface area contributed by atoms with E-state index in [2.05, 4.69) is 33.4 Å². The molecule has 1 heterocycles. The van der Waals surface area contributed by atoms with Crippen molar-refractivity contribution in [2.45, 2.75) is 19.3 Å². The minimum absolute atomic E-state index is 0.106. The molecule has 120 valence electrons. The SMILES string of the molecule is O=C(NNc1ccc(I)cc1)c1c2c(nc3ccccc13)CCC2. The molecule has 24 heavy (non-hydrogen) atoms. The molecule has 2 N–H and O–H groups in total. The van der Waals surface area contributed by atoms with Crippen LogP contribution in [-0.4, -0.2) is 10.9 Å². The van der Waals surface area contributed by atoms with E-state index in [9.17, 15) is 4.79 Å². The normalized spacial score (nSPS) is 12.9. The van der Waals surface area contributed by atoms with Gasteiger partial charge in [-0.15, -0.1) is 0 Å². The summed E-state index contributed by atoms with van der Waals surface area (Å²) in [5.41, 5.74) is 10.5. The first-order chi connectivity index (χ1) is 11.7. The van der Waals surface area contributed by atoms with Crippen LogP contribution in [0.15, 0.2) is 48.5 Å². The molecule has 1 aromatic heterocycles. The van der Waals surface area contributed by atoms with Gasteiger partial charge in [0.2, 0.25) is 0 Å². The summed E-state index contributed by atoms with van der Waals surface area (Å²) in [6.07, 6.45) is 2.92. The van der Waals surface area contributed by atoms with Gasteiger partial charge < -0.3 is 0 Å². The van der Waals surface area contributed by atoms with Crippen LogP contribution in [-0.2, 0) is 12.8 Å². The molecule has 0 saturated carbocycles. The van der Waals surface area contributed by atoms with Crippen LogP contribution in [0, 0.1) is 3.57 Å². The van der Waals surface area contributed by atoms with Gasteiger partial charge in [0.25, 0.3) is 5.91 Å². The van der Waals surface area contributed by atoms with Crippen molar-refractivity contribution in [3.63, 3.8) is 0 Å². The number of fused-ring (bicyclic) bond motifs is 2. The molecule has 0 fully saturated rings. The smallest absolute Gasteiger partial charge is 0.270 e. The quantitative estimate of drug-likeness (QED) is 0.487. The Kier molecular flexibility index (Phi) is 4.10. The lowest BCUT2D eigenvalue weighted by molar-refractivity contribution is 0.0963. The monoisotopic (exact) mass is 429 g/mol. The van der Waals surface area contributed by atoms with Crippen LogP contribution in [0.4, 0.5) is 5.69 Å². The zero-order valence-corrected chi connectivity index (χ0v) is 15.1. The zero-order chi connectivity index (χ0) is 16.5. The molecule has 0 radical (unpaired) electrons. The summed E-state index contributed by atoms with van der Waals surface area (Å²) < 4.78 is 1.16. The first-order valence-corrected chi connectivity index (χ1v) is 9.02. The highest BCUT2D eigenvalue weighted by Gasteiger charge is 2.23. The van der Waals surface area contributed by atoms with Gasteiger partial charge in [0, 0.05) is 14.7 Å². The number of rotatable bonds is 3. The minimum Gasteiger partial charge on any atom is -0.298 e. The van der Waals surface area contributed by atoms with Gasteiger partial charge in [0.15, 0.2) is 0 Å². The number of aromatic nitrogens is 1. The highest BCUT2D eigenvalue weighted by molar-refractivity contribution is 14.1. The number of para-hydroxylation sites is 1. The number of hydrogen-bond acceptors (Lipinski definition) is 3. The molecule has 1 amide bonds. The molecule has 0 saturated heterocycles. The number of benzene rings is 2. The molecule has 1 aliphatic rings. The van der Waals surface area contributed by atoms with Gasteiger partial charge in [0.05, 0.1) is 16.8 Å². The molecule has 1 aliphatic carbocycles. The number of pyridine rings is 1. The fourth-order valence-corrected chi connectivity index (χ4v) is 3.55. The molecule has 4 nitrogen and oxygen atoms in total. The number of aryl methyl sites for hydroxylation is 1. The van der Waals surface area contributed by atoms with Gasteiger partial charge in [-0.2, -0.15) is 0 Å². The van der Waals surface area contributed by atoms with E-state index in [0.717, 1.165) is 56.2 Å². The van der Waals surface area contributed by atoms with Crippen molar-refractivity contribution >= 4 is 45.1 Å². The maximum atomic E-state index is 12.9. The van der Waals surface area contributed by atoms with Crippen LogP contribution >= 0.6 is 22.6 Å². The van der Waals surface area contributed by atoms with E-state index in [1.54, 1.807) is 0 Å². The number of halogens is 1. The van der Waals surface area contributed by atoms with Crippen LogP contribution in [0.2, 0.25) is 0 Å². The summed E-state index contributed by atoms with van der Waals surface area (Å²) in [5.74, 6) is -0.106. The van der Waals surface area contributed by atoms with E-state index in [4.69, 9.17) is 4.98 Å². The van der Waals surface area contributed by atoms with Gasteiger partial charge in [0.1, 0.15) is 0 Å². The van der Waals surface area contributed by atoms with E-state index in [1.807, 2.05) is 48.5 Å². The summed E-state index contributed by atoms with van der Waals surface area (Å²) in [5, 5.41) is 0.917. The fraction of sp³-hybridized carbons (Fsp3) is 0.158. The summed E-state index contributed by atoms with van der Waals surface area (Å²) >= 11 is 2.25. The number of hydrazine groups is 1. The molecule has 3 aromatic rings. The first kappa shape index (κ1) is 15.4. The highest BCUT2D eigenvalue weighted by Crippen LogP contribution is 2.29. The van der Waals surface area contributed by atoms with Gasteiger partial charge in [-0.3, -0.25) is 20.6 Å². The second-order valence-electron chi connectivity index (χ2n) is 5.87. The zero-order valence-electron chi connectivity index (χ0n) is 13.0. The molecule has 0 atom stereocenters. The van der Waals surface area contributed by atoms with Gasteiger partial charge in [-0.25, -0.2) is 0 Å². The lowest BCUT2D eigenvalue weighted by atomic mass is 10.0. The molecule has 0 unspecified atom stereocenters. The molecule has 0 aliphatic heterocycles. The highest BCUT2D eigenvalue weighted by atomic mass is 127. The molecule has 0 bridgehead atoms. The lowest BCUT2D eigenvalue weighted by Crippen LogP contribution is -2.30. The number of nitrogens with one attached hydrogen (secondary N) is 2. The molecule has 0 spiro atoms. The van der Waals surface area contributed by atoms with E-state index in [-0.39, 0.29) is 5.91 Å². The molecule has 4 rings (SSSR count). The predicted octanol–water partition coefficient (Wildman–Crippen LogP) is 4.09. The predicted molar refractivity (Wildman–Crippen MR) is 104 cm³/mol. The van der Waals surface area contributed by atoms with Crippen molar-refractivity contribution in [2.75, 3.05) is 5.43 Å². The van der Waals surface area contributed by atoms with Crippen molar-refractivity contribution in [1.29, 1.82) is 0 Å². The van der Waals surface area contributed by atoms with Crippen LogP contribution in [0.3, 0.4) is 0 Å². The Morgan fingerprint density at radius 3 is 2.67 bits per heavy atom.